The highest BCUT2D eigenvalue weighted by atomic mass is 32.1. The van der Waals surface area contributed by atoms with Crippen LogP contribution < -0.4 is 22.2 Å². The number of urea groups is 1. The van der Waals surface area contributed by atoms with E-state index in [0.717, 1.165) is 15.0 Å². The Morgan fingerprint density at radius 2 is 2.04 bits per heavy atom. The molecule has 0 fully saturated rings. The van der Waals surface area contributed by atoms with E-state index in [4.69, 9.17) is 11.5 Å². The van der Waals surface area contributed by atoms with Crippen molar-refractivity contribution in [3.63, 3.8) is 0 Å². The Labute approximate surface area is 135 Å². The number of hydrogen-bond donors (Lipinski definition) is 5. The fraction of sp³-hybridized carbons (Fsp3) is 0. The van der Waals surface area contributed by atoms with Gasteiger partial charge in [-0.3, -0.25) is 0 Å². The third-order valence-corrected chi connectivity index (χ3v) is 4.44. The fourth-order valence-corrected chi connectivity index (χ4v) is 3.29. The lowest BCUT2D eigenvalue weighted by molar-refractivity contribution is 0.259. The lowest BCUT2D eigenvalue weighted by Crippen LogP contribution is -2.30. The number of amides is 2. The fourth-order valence-electron chi connectivity index (χ4n) is 2.23. The quantitative estimate of drug-likeness (QED) is 0.452. The van der Waals surface area contributed by atoms with Crippen molar-refractivity contribution in [3.05, 3.63) is 36.5 Å². The highest BCUT2D eigenvalue weighted by Crippen LogP contribution is 2.36. The maximum absolute atomic E-state index is 10.9. The summed E-state index contributed by atoms with van der Waals surface area (Å²) >= 11 is 1.49. The molecule has 0 saturated heterocycles. The summed E-state index contributed by atoms with van der Waals surface area (Å²) in [5.74, 6) is 0.302. The first-order chi connectivity index (χ1) is 10.9. The molecule has 0 atom stereocenters. The summed E-state index contributed by atoms with van der Waals surface area (Å²) < 4.78 is 0.990. The SMILES string of the molecule is NC(=O)Nc1ccc2sc(-c3cc(B(O)O)cnc3N)cc2c1. The van der Waals surface area contributed by atoms with Gasteiger partial charge in [0.05, 0.1) is 0 Å². The van der Waals surface area contributed by atoms with Gasteiger partial charge in [-0.1, -0.05) is 0 Å². The van der Waals surface area contributed by atoms with Gasteiger partial charge < -0.3 is 26.8 Å². The predicted molar refractivity (Wildman–Crippen MR) is 92.5 cm³/mol. The predicted octanol–water partition coefficient (Wildman–Crippen LogP) is 0.716. The normalized spacial score (nSPS) is 10.7. The number of nitrogens with one attached hydrogen (secondary N) is 1. The Hall–Kier alpha value is -2.62. The Kier molecular flexibility index (Phi) is 3.91. The summed E-state index contributed by atoms with van der Waals surface area (Å²) in [4.78, 5) is 15.8. The standard InChI is InChI=1S/C14H13BN4O3S/c16-13-10(5-8(6-18-13)15(21)22)12-4-7-3-9(19-14(17)20)1-2-11(7)23-12/h1-6,21-22H,(H2,16,18)(H3,17,19,20). The van der Waals surface area contributed by atoms with Crippen LogP contribution >= 0.6 is 11.3 Å². The third kappa shape index (κ3) is 3.11. The van der Waals surface area contributed by atoms with Crippen LogP contribution in [0.4, 0.5) is 16.3 Å². The van der Waals surface area contributed by atoms with Crippen LogP contribution in [0.2, 0.25) is 0 Å². The van der Waals surface area contributed by atoms with Gasteiger partial charge in [0.2, 0.25) is 0 Å². The van der Waals surface area contributed by atoms with Gasteiger partial charge in [0.1, 0.15) is 5.82 Å². The summed E-state index contributed by atoms with van der Waals surface area (Å²) in [6, 6.07) is 8.28. The zero-order valence-electron chi connectivity index (χ0n) is 11.9. The first-order valence-electron chi connectivity index (χ1n) is 6.66. The van der Waals surface area contributed by atoms with E-state index in [0.29, 0.717) is 17.1 Å². The van der Waals surface area contributed by atoms with E-state index in [9.17, 15) is 14.8 Å². The van der Waals surface area contributed by atoms with Crippen molar-refractivity contribution < 1.29 is 14.8 Å². The molecule has 7 N–H and O–H groups in total. The van der Waals surface area contributed by atoms with Gasteiger partial charge in [-0.25, -0.2) is 9.78 Å². The lowest BCUT2D eigenvalue weighted by atomic mass is 9.81. The Balaban J connectivity index is 2.06. The van der Waals surface area contributed by atoms with Crippen LogP contribution in [0.5, 0.6) is 0 Å². The molecule has 3 aromatic rings. The minimum atomic E-state index is -1.61. The maximum Gasteiger partial charge on any atom is 0.490 e. The summed E-state index contributed by atoms with van der Waals surface area (Å²) in [6.45, 7) is 0. The van der Waals surface area contributed by atoms with Crippen LogP contribution in [-0.2, 0) is 0 Å². The molecule has 0 radical (unpaired) electrons. The molecule has 0 unspecified atom stereocenters. The van der Waals surface area contributed by atoms with E-state index in [2.05, 4.69) is 10.3 Å². The van der Waals surface area contributed by atoms with Gasteiger partial charge in [-0.2, -0.15) is 0 Å². The molecule has 2 amide bonds. The third-order valence-electron chi connectivity index (χ3n) is 3.29. The summed E-state index contributed by atoms with van der Waals surface area (Å²) in [7, 11) is -1.61. The van der Waals surface area contributed by atoms with Gasteiger partial charge in [-0.05, 0) is 35.7 Å². The molecule has 2 heterocycles. The maximum atomic E-state index is 10.9. The number of anilines is 2. The summed E-state index contributed by atoms with van der Waals surface area (Å²) in [6.07, 6.45) is 1.33. The largest absolute Gasteiger partial charge is 0.490 e. The van der Waals surface area contributed by atoms with Crippen LogP contribution in [0, 0.1) is 0 Å². The number of pyridine rings is 1. The van der Waals surface area contributed by atoms with Crippen molar-refractivity contribution >= 4 is 51.5 Å². The molecule has 23 heavy (non-hydrogen) atoms. The number of fused-ring (bicyclic) bond motifs is 1. The number of nitrogens with zero attached hydrogens (tertiary/aromatic N) is 1. The van der Waals surface area contributed by atoms with Crippen molar-refractivity contribution in [1.29, 1.82) is 0 Å². The van der Waals surface area contributed by atoms with Gasteiger partial charge in [0.15, 0.2) is 0 Å². The Bertz CT molecular complexity index is 897. The molecule has 9 heteroatoms. The van der Waals surface area contributed by atoms with Gasteiger partial charge in [0.25, 0.3) is 0 Å². The Morgan fingerprint density at radius 1 is 1.26 bits per heavy atom. The highest BCUT2D eigenvalue weighted by molar-refractivity contribution is 7.22. The number of thiophene rings is 1. The lowest BCUT2D eigenvalue weighted by Gasteiger charge is -2.05. The van der Waals surface area contributed by atoms with Crippen molar-refractivity contribution in [2.45, 2.75) is 0 Å². The number of nitrogens with two attached hydrogens (primary N) is 2. The zero-order valence-corrected chi connectivity index (χ0v) is 12.7. The molecule has 0 aliphatic rings. The molecular weight excluding hydrogens is 315 g/mol. The minimum absolute atomic E-state index is 0.266. The van der Waals surface area contributed by atoms with Crippen LogP contribution in [0.3, 0.4) is 0 Å². The molecule has 7 nitrogen and oxygen atoms in total. The minimum Gasteiger partial charge on any atom is -0.423 e. The van der Waals surface area contributed by atoms with E-state index >= 15 is 0 Å². The molecule has 3 rings (SSSR count). The second-order valence-electron chi connectivity index (χ2n) is 4.93. The zero-order chi connectivity index (χ0) is 16.6. The van der Waals surface area contributed by atoms with Crippen LogP contribution in [-0.4, -0.2) is 28.2 Å². The number of carbonyl (C=O) groups excluding carboxylic acids is 1. The average Bonchev–Trinajstić information content (AvgIpc) is 2.89. The number of rotatable bonds is 3. The van der Waals surface area contributed by atoms with Crippen molar-refractivity contribution in [3.8, 4) is 10.4 Å². The molecule has 116 valence electrons. The van der Waals surface area contributed by atoms with Crippen molar-refractivity contribution in [2.75, 3.05) is 11.1 Å². The van der Waals surface area contributed by atoms with E-state index < -0.39 is 13.1 Å². The topological polar surface area (TPSA) is 134 Å². The molecular formula is C14H13BN4O3S. The van der Waals surface area contributed by atoms with Crippen LogP contribution in [0.25, 0.3) is 20.5 Å². The number of hydrogen-bond acceptors (Lipinski definition) is 6. The average molecular weight is 328 g/mol. The van der Waals surface area contributed by atoms with Gasteiger partial charge >= 0.3 is 13.1 Å². The van der Waals surface area contributed by atoms with E-state index in [1.54, 1.807) is 18.2 Å². The molecule has 2 aromatic heterocycles. The summed E-state index contributed by atoms with van der Waals surface area (Å²) in [5, 5.41) is 22.0. The first-order valence-corrected chi connectivity index (χ1v) is 7.47. The van der Waals surface area contributed by atoms with Gasteiger partial charge in [0, 0.05) is 32.5 Å². The molecule has 0 spiro atoms. The molecule has 1 aromatic carbocycles. The monoisotopic (exact) mass is 328 g/mol. The number of carbonyl (C=O) groups is 1. The molecule has 0 aliphatic carbocycles. The van der Waals surface area contributed by atoms with Crippen molar-refractivity contribution in [1.82, 2.24) is 4.98 Å². The number of primary amides is 1. The highest BCUT2D eigenvalue weighted by Gasteiger charge is 2.16. The van der Waals surface area contributed by atoms with Crippen LogP contribution in [0.15, 0.2) is 36.5 Å². The summed E-state index contributed by atoms with van der Waals surface area (Å²) in [5.41, 5.74) is 12.5. The first kappa shape index (κ1) is 15.3. The smallest absolute Gasteiger partial charge is 0.423 e. The van der Waals surface area contributed by atoms with E-state index in [-0.39, 0.29) is 5.46 Å². The second-order valence-corrected chi connectivity index (χ2v) is 6.01. The van der Waals surface area contributed by atoms with E-state index in [1.165, 1.54) is 17.5 Å². The van der Waals surface area contributed by atoms with Gasteiger partial charge in [-0.15, -0.1) is 11.3 Å². The number of aromatic nitrogens is 1. The van der Waals surface area contributed by atoms with Crippen LogP contribution in [0.1, 0.15) is 0 Å². The number of nitrogen functional groups attached to an aromatic ring is 1. The van der Waals surface area contributed by atoms with Crippen molar-refractivity contribution in [2.24, 2.45) is 5.73 Å². The Morgan fingerprint density at radius 3 is 2.74 bits per heavy atom. The van der Waals surface area contributed by atoms with E-state index in [1.807, 2.05) is 12.1 Å². The molecule has 0 bridgehead atoms. The molecule has 0 aliphatic heterocycles. The molecule has 0 saturated carbocycles. The second kappa shape index (κ2) is 5.88. The number of benzene rings is 1.